The Balaban J connectivity index is 2.13. The molecule has 0 fully saturated rings. The topological polar surface area (TPSA) is 67.4 Å². The van der Waals surface area contributed by atoms with Crippen molar-refractivity contribution in [3.8, 4) is 0 Å². The van der Waals surface area contributed by atoms with Crippen molar-refractivity contribution in [1.29, 1.82) is 0 Å². The zero-order valence-electron chi connectivity index (χ0n) is 14.4. The van der Waals surface area contributed by atoms with Crippen molar-refractivity contribution >= 4 is 29.2 Å². The van der Waals surface area contributed by atoms with Crippen LogP contribution in [-0.4, -0.2) is 32.1 Å². The lowest BCUT2D eigenvalue weighted by atomic mass is 10.1. The minimum Gasteiger partial charge on any atom is -0.385 e. The molecule has 2 aromatic rings. The first-order chi connectivity index (χ1) is 12.1. The molecule has 0 atom stereocenters. The molecule has 1 heterocycles. The molecule has 25 heavy (non-hydrogen) atoms. The zero-order valence-corrected chi connectivity index (χ0v) is 15.2. The fourth-order valence-corrected chi connectivity index (χ4v) is 2.86. The SMILES string of the molecule is COCCCNC(=O)/C(=C/c1cccs1)NC(=O)c1ccccc1C. The van der Waals surface area contributed by atoms with Gasteiger partial charge in [0.25, 0.3) is 11.8 Å². The van der Waals surface area contributed by atoms with Crippen molar-refractivity contribution < 1.29 is 14.3 Å². The van der Waals surface area contributed by atoms with Gasteiger partial charge in [0.2, 0.25) is 0 Å². The van der Waals surface area contributed by atoms with Crippen LogP contribution in [0.1, 0.15) is 27.2 Å². The van der Waals surface area contributed by atoms with Gasteiger partial charge in [-0.05, 0) is 42.5 Å². The molecule has 0 unspecified atom stereocenters. The second-order valence-electron chi connectivity index (χ2n) is 5.44. The van der Waals surface area contributed by atoms with Gasteiger partial charge >= 0.3 is 0 Å². The highest BCUT2D eigenvalue weighted by Gasteiger charge is 2.15. The maximum Gasteiger partial charge on any atom is 0.267 e. The van der Waals surface area contributed by atoms with E-state index in [0.29, 0.717) is 25.1 Å². The Labute approximate surface area is 151 Å². The Bertz CT molecular complexity index is 739. The molecule has 2 rings (SSSR count). The van der Waals surface area contributed by atoms with Gasteiger partial charge in [-0.3, -0.25) is 9.59 Å². The smallest absolute Gasteiger partial charge is 0.267 e. The van der Waals surface area contributed by atoms with Crippen molar-refractivity contribution in [3.05, 3.63) is 63.5 Å². The number of aryl methyl sites for hydroxylation is 1. The Morgan fingerprint density at radius 3 is 2.68 bits per heavy atom. The number of ether oxygens (including phenoxy) is 1. The average molecular weight is 358 g/mol. The molecule has 0 saturated carbocycles. The van der Waals surface area contributed by atoms with Crippen LogP contribution >= 0.6 is 11.3 Å². The van der Waals surface area contributed by atoms with E-state index >= 15 is 0 Å². The van der Waals surface area contributed by atoms with E-state index in [1.807, 2.05) is 36.6 Å². The number of amides is 2. The molecule has 0 saturated heterocycles. The van der Waals surface area contributed by atoms with Gasteiger partial charge in [0.05, 0.1) is 0 Å². The molecule has 1 aromatic carbocycles. The summed E-state index contributed by atoms with van der Waals surface area (Å²) in [6.07, 6.45) is 2.40. The molecular formula is C19H22N2O3S. The molecule has 0 radical (unpaired) electrons. The number of benzene rings is 1. The van der Waals surface area contributed by atoms with Crippen LogP contribution in [0.15, 0.2) is 47.5 Å². The van der Waals surface area contributed by atoms with E-state index < -0.39 is 0 Å². The minimum absolute atomic E-state index is 0.230. The number of hydrogen-bond donors (Lipinski definition) is 2. The summed E-state index contributed by atoms with van der Waals surface area (Å²) in [4.78, 5) is 25.9. The van der Waals surface area contributed by atoms with Gasteiger partial charge < -0.3 is 15.4 Å². The summed E-state index contributed by atoms with van der Waals surface area (Å²) in [6.45, 7) is 2.91. The van der Waals surface area contributed by atoms with E-state index in [9.17, 15) is 9.59 Å². The lowest BCUT2D eigenvalue weighted by Crippen LogP contribution is -2.35. The Morgan fingerprint density at radius 2 is 2.00 bits per heavy atom. The summed E-state index contributed by atoms with van der Waals surface area (Å²) in [6, 6.07) is 11.1. The third kappa shape index (κ3) is 5.85. The van der Waals surface area contributed by atoms with Crippen LogP contribution in [0, 0.1) is 6.92 Å². The molecule has 2 N–H and O–H groups in total. The minimum atomic E-state index is -0.313. The van der Waals surface area contributed by atoms with Crippen LogP contribution in [0.4, 0.5) is 0 Å². The molecule has 0 aliphatic rings. The summed E-state index contributed by atoms with van der Waals surface area (Å²) in [7, 11) is 1.62. The first kappa shape index (κ1) is 18.9. The fourth-order valence-electron chi connectivity index (χ4n) is 2.21. The monoisotopic (exact) mass is 358 g/mol. The molecule has 132 valence electrons. The Kier molecular flexibility index (Phi) is 7.37. The molecule has 1 aromatic heterocycles. The molecule has 0 aliphatic heterocycles. The van der Waals surface area contributed by atoms with Gasteiger partial charge in [-0.15, -0.1) is 11.3 Å². The first-order valence-corrected chi connectivity index (χ1v) is 8.89. The third-order valence-corrected chi connectivity index (χ3v) is 4.34. The second-order valence-corrected chi connectivity index (χ2v) is 6.42. The summed E-state index contributed by atoms with van der Waals surface area (Å²) < 4.78 is 4.97. The van der Waals surface area contributed by atoms with Crippen LogP contribution < -0.4 is 10.6 Å². The lowest BCUT2D eigenvalue weighted by molar-refractivity contribution is -0.117. The van der Waals surface area contributed by atoms with E-state index in [-0.39, 0.29) is 17.5 Å². The van der Waals surface area contributed by atoms with Crippen LogP contribution in [0.25, 0.3) is 6.08 Å². The molecule has 0 aliphatic carbocycles. The van der Waals surface area contributed by atoms with Gasteiger partial charge in [0.15, 0.2) is 0 Å². The number of rotatable bonds is 8. The summed E-state index contributed by atoms with van der Waals surface area (Å²) in [5.74, 6) is -0.612. The number of carbonyl (C=O) groups is 2. The van der Waals surface area contributed by atoms with Crippen LogP contribution in [0.2, 0.25) is 0 Å². The van der Waals surface area contributed by atoms with E-state index in [4.69, 9.17) is 4.74 Å². The maximum absolute atomic E-state index is 12.5. The zero-order chi connectivity index (χ0) is 18.1. The predicted octanol–water partition coefficient (Wildman–Crippen LogP) is 2.98. The van der Waals surface area contributed by atoms with Crippen LogP contribution in [-0.2, 0) is 9.53 Å². The van der Waals surface area contributed by atoms with Crippen molar-refractivity contribution in [3.63, 3.8) is 0 Å². The first-order valence-electron chi connectivity index (χ1n) is 8.01. The van der Waals surface area contributed by atoms with Crippen molar-refractivity contribution in [1.82, 2.24) is 10.6 Å². The number of carbonyl (C=O) groups excluding carboxylic acids is 2. The normalized spacial score (nSPS) is 11.2. The number of thiophene rings is 1. The standard InChI is InChI=1S/C19H22N2O3S/c1-14-7-3-4-9-16(14)18(22)21-17(13-15-8-5-12-25-15)19(23)20-10-6-11-24-2/h3-5,7-9,12-13H,6,10-11H2,1-2H3,(H,20,23)(H,21,22)/b17-13-. The fraction of sp³-hybridized carbons (Fsp3) is 0.263. The molecule has 0 spiro atoms. The van der Waals surface area contributed by atoms with Gasteiger partial charge in [-0.1, -0.05) is 24.3 Å². The predicted molar refractivity (Wildman–Crippen MR) is 100 cm³/mol. The number of hydrogen-bond acceptors (Lipinski definition) is 4. The van der Waals surface area contributed by atoms with E-state index in [0.717, 1.165) is 10.4 Å². The van der Waals surface area contributed by atoms with Crippen molar-refractivity contribution in [2.45, 2.75) is 13.3 Å². The lowest BCUT2D eigenvalue weighted by Gasteiger charge is -2.12. The van der Waals surface area contributed by atoms with E-state index in [1.54, 1.807) is 25.3 Å². The molecule has 5 nitrogen and oxygen atoms in total. The highest BCUT2D eigenvalue weighted by atomic mass is 32.1. The summed E-state index contributed by atoms with van der Waals surface area (Å²) >= 11 is 1.50. The number of nitrogens with one attached hydrogen (secondary N) is 2. The van der Waals surface area contributed by atoms with Gasteiger partial charge in [0.1, 0.15) is 5.70 Å². The third-order valence-electron chi connectivity index (χ3n) is 3.52. The summed E-state index contributed by atoms with van der Waals surface area (Å²) in [5.41, 5.74) is 1.64. The summed E-state index contributed by atoms with van der Waals surface area (Å²) in [5, 5.41) is 7.46. The molecular weight excluding hydrogens is 336 g/mol. The van der Waals surface area contributed by atoms with Crippen LogP contribution in [0.3, 0.4) is 0 Å². The van der Waals surface area contributed by atoms with Gasteiger partial charge in [-0.2, -0.15) is 0 Å². The number of methoxy groups -OCH3 is 1. The highest BCUT2D eigenvalue weighted by Crippen LogP contribution is 2.14. The second kappa shape index (κ2) is 9.76. The van der Waals surface area contributed by atoms with Gasteiger partial charge in [0, 0.05) is 30.7 Å². The average Bonchev–Trinajstić information content (AvgIpc) is 3.11. The quantitative estimate of drug-likeness (QED) is 0.563. The van der Waals surface area contributed by atoms with Crippen molar-refractivity contribution in [2.24, 2.45) is 0 Å². The van der Waals surface area contributed by atoms with E-state index in [2.05, 4.69) is 10.6 Å². The molecule has 6 heteroatoms. The maximum atomic E-state index is 12.5. The largest absolute Gasteiger partial charge is 0.385 e. The van der Waals surface area contributed by atoms with Gasteiger partial charge in [-0.25, -0.2) is 0 Å². The molecule has 0 bridgehead atoms. The van der Waals surface area contributed by atoms with Crippen LogP contribution in [0.5, 0.6) is 0 Å². The Morgan fingerprint density at radius 1 is 1.20 bits per heavy atom. The Hall–Kier alpha value is -2.44. The van der Waals surface area contributed by atoms with Crippen molar-refractivity contribution in [2.75, 3.05) is 20.3 Å². The molecule has 2 amide bonds. The van der Waals surface area contributed by atoms with E-state index in [1.165, 1.54) is 11.3 Å². The highest BCUT2D eigenvalue weighted by molar-refractivity contribution is 7.10.